The van der Waals surface area contributed by atoms with Crippen LogP contribution in [0.3, 0.4) is 0 Å². The van der Waals surface area contributed by atoms with Gasteiger partial charge in [-0.25, -0.2) is 0 Å². The van der Waals surface area contributed by atoms with Crippen LogP contribution >= 0.6 is 9.24 Å². The van der Waals surface area contributed by atoms with Gasteiger partial charge in [-0.1, -0.05) is 42.5 Å². The van der Waals surface area contributed by atoms with Crippen LogP contribution in [-0.2, 0) is 0 Å². The van der Waals surface area contributed by atoms with Crippen LogP contribution in [0, 0.1) is 0 Å². The van der Waals surface area contributed by atoms with Crippen LogP contribution in [0.2, 0.25) is 0 Å². The van der Waals surface area contributed by atoms with E-state index in [0.717, 1.165) is 11.3 Å². The summed E-state index contributed by atoms with van der Waals surface area (Å²) in [5.74, 6) is 0.910. The highest BCUT2D eigenvalue weighted by Gasteiger charge is 2.05. The van der Waals surface area contributed by atoms with Crippen LogP contribution in [0.15, 0.2) is 48.5 Å². The fourth-order valence-corrected chi connectivity index (χ4v) is 1.97. The zero-order chi connectivity index (χ0) is 10.7. The van der Waals surface area contributed by atoms with Gasteiger partial charge in [0, 0.05) is 5.56 Å². The van der Waals surface area contributed by atoms with Crippen LogP contribution in [0.5, 0.6) is 5.75 Å². The fourth-order valence-electron chi connectivity index (χ4n) is 1.61. The van der Waals surface area contributed by atoms with Crippen molar-refractivity contribution in [3.63, 3.8) is 0 Å². The molecule has 0 aliphatic carbocycles. The molecule has 0 saturated heterocycles. The first-order valence-electron chi connectivity index (χ1n) is 4.81. The smallest absolute Gasteiger partial charge is 0.126 e. The molecular formula is C13H13OP. The second kappa shape index (κ2) is 4.46. The first-order chi connectivity index (χ1) is 7.33. The molecule has 15 heavy (non-hydrogen) atoms. The molecule has 2 heteroatoms. The first-order valence-corrected chi connectivity index (χ1v) is 5.38. The van der Waals surface area contributed by atoms with E-state index in [-0.39, 0.29) is 0 Å². The number of hydrogen-bond acceptors (Lipinski definition) is 1. The van der Waals surface area contributed by atoms with Crippen molar-refractivity contribution in [2.75, 3.05) is 7.11 Å². The van der Waals surface area contributed by atoms with Crippen molar-refractivity contribution in [3.05, 3.63) is 48.5 Å². The van der Waals surface area contributed by atoms with Gasteiger partial charge in [0.25, 0.3) is 0 Å². The molecular weight excluding hydrogens is 203 g/mol. The predicted molar refractivity (Wildman–Crippen MR) is 67.8 cm³/mol. The average Bonchev–Trinajstić information content (AvgIpc) is 2.30. The van der Waals surface area contributed by atoms with Gasteiger partial charge in [-0.3, -0.25) is 0 Å². The van der Waals surface area contributed by atoms with Gasteiger partial charge in [0.2, 0.25) is 0 Å². The Morgan fingerprint density at radius 2 is 1.47 bits per heavy atom. The van der Waals surface area contributed by atoms with E-state index in [1.54, 1.807) is 7.11 Å². The Morgan fingerprint density at radius 1 is 0.867 bits per heavy atom. The lowest BCUT2D eigenvalue weighted by atomic mass is 10.0. The molecule has 0 aliphatic rings. The van der Waals surface area contributed by atoms with Gasteiger partial charge in [-0.15, -0.1) is 9.24 Å². The lowest BCUT2D eigenvalue weighted by Gasteiger charge is -2.10. The highest BCUT2D eigenvalue weighted by Crippen LogP contribution is 2.28. The molecule has 1 unspecified atom stereocenters. The van der Waals surface area contributed by atoms with Gasteiger partial charge in [-0.05, 0) is 16.9 Å². The summed E-state index contributed by atoms with van der Waals surface area (Å²) in [6.07, 6.45) is 0. The normalized spacial score (nSPS) is 10.0. The Labute approximate surface area is 92.3 Å². The zero-order valence-electron chi connectivity index (χ0n) is 8.60. The Kier molecular flexibility index (Phi) is 3.03. The number of rotatable bonds is 2. The summed E-state index contributed by atoms with van der Waals surface area (Å²) in [6, 6.07) is 16.3. The summed E-state index contributed by atoms with van der Waals surface area (Å²) in [4.78, 5) is 0. The summed E-state index contributed by atoms with van der Waals surface area (Å²) in [5.41, 5.74) is 2.32. The molecule has 0 aromatic heterocycles. The third-order valence-corrected chi connectivity index (χ3v) is 2.86. The van der Waals surface area contributed by atoms with Gasteiger partial charge < -0.3 is 4.74 Å². The minimum absolute atomic E-state index is 0.910. The van der Waals surface area contributed by atoms with E-state index in [1.165, 1.54) is 10.9 Å². The second-order valence-corrected chi connectivity index (χ2v) is 3.91. The van der Waals surface area contributed by atoms with Crippen molar-refractivity contribution in [1.82, 2.24) is 0 Å². The summed E-state index contributed by atoms with van der Waals surface area (Å²) in [5, 5.41) is 1.18. The van der Waals surface area contributed by atoms with Crippen LogP contribution in [0.25, 0.3) is 11.1 Å². The molecule has 0 saturated carbocycles. The highest BCUT2D eigenvalue weighted by molar-refractivity contribution is 7.28. The van der Waals surface area contributed by atoms with E-state index in [2.05, 4.69) is 27.4 Å². The maximum absolute atomic E-state index is 5.35. The van der Waals surface area contributed by atoms with Gasteiger partial charge in [-0.2, -0.15) is 0 Å². The first kappa shape index (κ1) is 10.2. The maximum atomic E-state index is 5.35. The van der Waals surface area contributed by atoms with Crippen molar-refractivity contribution in [2.45, 2.75) is 0 Å². The van der Waals surface area contributed by atoms with Crippen molar-refractivity contribution in [1.29, 1.82) is 0 Å². The molecule has 2 aromatic carbocycles. The van der Waals surface area contributed by atoms with E-state index in [9.17, 15) is 0 Å². The van der Waals surface area contributed by atoms with Crippen LogP contribution in [0.1, 0.15) is 0 Å². The zero-order valence-corrected chi connectivity index (χ0v) is 9.76. The van der Waals surface area contributed by atoms with E-state index in [1.807, 2.05) is 30.3 Å². The summed E-state index contributed by atoms with van der Waals surface area (Å²) < 4.78 is 5.35. The Hall–Kier alpha value is -1.33. The molecule has 0 fully saturated rings. The van der Waals surface area contributed by atoms with Crippen molar-refractivity contribution < 1.29 is 4.74 Å². The third kappa shape index (κ3) is 2.03. The van der Waals surface area contributed by atoms with Gasteiger partial charge in [0.1, 0.15) is 5.75 Å². The van der Waals surface area contributed by atoms with E-state index >= 15 is 0 Å². The van der Waals surface area contributed by atoms with Gasteiger partial charge in [0.15, 0.2) is 0 Å². The number of hydrogen-bond donors (Lipinski definition) is 0. The molecule has 0 spiro atoms. The molecule has 0 radical (unpaired) electrons. The minimum Gasteiger partial charge on any atom is -0.496 e. The fraction of sp³-hybridized carbons (Fsp3) is 0.0769. The van der Waals surface area contributed by atoms with Crippen molar-refractivity contribution in [2.24, 2.45) is 0 Å². The molecule has 0 bridgehead atoms. The average molecular weight is 216 g/mol. The summed E-state index contributed by atoms with van der Waals surface area (Å²) >= 11 is 0. The maximum Gasteiger partial charge on any atom is 0.126 e. The molecule has 2 rings (SSSR count). The third-order valence-electron chi connectivity index (χ3n) is 2.36. The Balaban J connectivity index is 2.59. The molecule has 76 valence electrons. The van der Waals surface area contributed by atoms with Crippen LogP contribution in [-0.4, -0.2) is 7.11 Å². The molecule has 2 aromatic rings. The topological polar surface area (TPSA) is 9.23 Å². The van der Waals surface area contributed by atoms with E-state index in [0.29, 0.717) is 0 Å². The number of para-hydroxylation sites is 1. The number of methoxy groups -OCH3 is 1. The molecule has 0 aliphatic heterocycles. The highest BCUT2D eigenvalue weighted by atomic mass is 31.0. The minimum atomic E-state index is 0.910. The second-order valence-electron chi connectivity index (χ2n) is 3.29. The summed E-state index contributed by atoms with van der Waals surface area (Å²) in [6.45, 7) is 0. The van der Waals surface area contributed by atoms with Crippen molar-refractivity contribution in [3.8, 4) is 16.9 Å². The van der Waals surface area contributed by atoms with Gasteiger partial charge in [0.05, 0.1) is 7.11 Å². The predicted octanol–water partition coefficient (Wildman–Crippen LogP) is 2.86. The monoisotopic (exact) mass is 216 g/mol. The van der Waals surface area contributed by atoms with Crippen LogP contribution in [0.4, 0.5) is 0 Å². The Morgan fingerprint density at radius 3 is 2.13 bits per heavy atom. The standard InChI is InChI=1S/C13H13OP/c1-14-12-8-4-2-6-10(12)11-7-3-5-9-13(11)15/h2-9H,15H2,1H3. The number of benzene rings is 2. The summed E-state index contributed by atoms with van der Waals surface area (Å²) in [7, 11) is 4.45. The van der Waals surface area contributed by atoms with E-state index < -0.39 is 0 Å². The molecule has 1 atom stereocenters. The molecule has 1 nitrogen and oxygen atoms in total. The van der Waals surface area contributed by atoms with Crippen molar-refractivity contribution >= 4 is 14.5 Å². The van der Waals surface area contributed by atoms with E-state index in [4.69, 9.17) is 4.74 Å². The molecule has 0 amide bonds. The molecule has 0 heterocycles. The number of ether oxygens (including phenoxy) is 1. The quantitative estimate of drug-likeness (QED) is 0.701. The molecule has 0 N–H and O–H groups in total. The SMILES string of the molecule is COc1ccccc1-c1ccccc1P. The largest absolute Gasteiger partial charge is 0.496 e. The lowest BCUT2D eigenvalue weighted by molar-refractivity contribution is 0.416. The lowest BCUT2D eigenvalue weighted by Crippen LogP contribution is -1.97. The van der Waals surface area contributed by atoms with Gasteiger partial charge >= 0.3 is 0 Å². The Bertz CT molecular complexity index is 466. The van der Waals surface area contributed by atoms with Crippen LogP contribution < -0.4 is 10.0 Å².